The summed E-state index contributed by atoms with van der Waals surface area (Å²) in [4.78, 5) is 0. The highest BCUT2D eigenvalue weighted by molar-refractivity contribution is 7.89. The minimum Gasteiger partial charge on any atom is -0.447 e. The van der Waals surface area contributed by atoms with Gasteiger partial charge in [0.2, 0.25) is 5.09 Å². The Morgan fingerprint density at radius 3 is 2.57 bits per heavy atom. The largest absolute Gasteiger partial charge is 0.447 e. The fourth-order valence-corrected chi connectivity index (χ4v) is 2.85. The molecule has 0 aromatic carbocycles. The molecule has 1 aromatic heterocycles. The summed E-state index contributed by atoms with van der Waals surface area (Å²) in [6.07, 6.45) is 0.606. The second-order valence-electron chi connectivity index (χ2n) is 6.13. The molecule has 6 nitrogen and oxygen atoms in total. The highest BCUT2D eigenvalue weighted by Gasteiger charge is 2.21. The average Bonchev–Trinajstić information content (AvgIpc) is 2.82. The third-order valence-corrected chi connectivity index (χ3v) is 4.27. The first-order chi connectivity index (χ1) is 9.64. The third-order valence-electron chi connectivity index (χ3n) is 2.81. The van der Waals surface area contributed by atoms with Crippen LogP contribution in [0.3, 0.4) is 0 Å². The zero-order valence-corrected chi connectivity index (χ0v) is 14.2. The predicted octanol–water partition coefficient (Wildman–Crippen LogP) is 1.87. The van der Waals surface area contributed by atoms with Gasteiger partial charge in [-0.15, -0.1) is 0 Å². The van der Waals surface area contributed by atoms with E-state index in [9.17, 15) is 8.42 Å². The van der Waals surface area contributed by atoms with Gasteiger partial charge in [0.15, 0.2) is 0 Å². The van der Waals surface area contributed by atoms with Crippen molar-refractivity contribution < 1.29 is 17.6 Å². The van der Waals surface area contributed by atoms with Crippen molar-refractivity contribution in [1.29, 1.82) is 0 Å². The van der Waals surface area contributed by atoms with E-state index in [4.69, 9.17) is 9.15 Å². The Bertz CT molecular complexity index is 531. The van der Waals surface area contributed by atoms with Crippen molar-refractivity contribution in [1.82, 2.24) is 10.0 Å². The summed E-state index contributed by atoms with van der Waals surface area (Å²) in [6.45, 7) is 8.88. The van der Waals surface area contributed by atoms with Crippen LogP contribution in [0.4, 0.5) is 0 Å². The van der Waals surface area contributed by atoms with Crippen LogP contribution in [0, 0.1) is 0 Å². The molecule has 1 rings (SSSR count). The lowest BCUT2D eigenvalue weighted by atomic mass is 10.1. The minimum atomic E-state index is -3.62. The lowest BCUT2D eigenvalue weighted by Gasteiger charge is -2.19. The van der Waals surface area contributed by atoms with E-state index in [0.717, 1.165) is 0 Å². The third kappa shape index (κ3) is 6.60. The Morgan fingerprint density at radius 2 is 2.00 bits per heavy atom. The van der Waals surface area contributed by atoms with Crippen molar-refractivity contribution in [2.75, 3.05) is 13.7 Å². The molecule has 0 amide bonds. The van der Waals surface area contributed by atoms with Gasteiger partial charge in [-0.05, 0) is 46.2 Å². The van der Waals surface area contributed by atoms with Crippen LogP contribution in [0.15, 0.2) is 21.6 Å². The maximum absolute atomic E-state index is 12.2. The Kier molecular flexibility index (Phi) is 6.40. The Balaban J connectivity index is 2.65. The lowest BCUT2D eigenvalue weighted by Crippen LogP contribution is -2.35. The van der Waals surface area contributed by atoms with E-state index in [1.54, 1.807) is 20.1 Å². The van der Waals surface area contributed by atoms with Gasteiger partial charge in [0.1, 0.15) is 5.76 Å². The minimum absolute atomic E-state index is 0.0568. The Labute approximate surface area is 127 Å². The van der Waals surface area contributed by atoms with Gasteiger partial charge in [0, 0.05) is 25.3 Å². The lowest BCUT2D eigenvalue weighted by molar-refractivity contribution is 0.188. The smallest absolute Gasteiger partial charge is 0.274 e. The Hall–Kier alpha value is -0.890. The highest BCUT2D eigenvalue weighted by atomic mass is 32.2. The van der Waals surface area contributed by atoms with E-state index in [0.29, 0.717) is 25.3 Å². The van der Waals surface area contributed by atoms with Crippen molar-refractivity contribution in [3.63, 3.8) is 0 Å². The summed E-state index contributed by atoms with van der Waals surface area (Å²) in [7, 11) is -2.04. The monoisotopic (exact) mass is 318 g/mol. The van der Waals surface area contributed by atoms with Crippen LogP contribution in [0.5, 0.6) is 0 Å². The fourth-order valence-electron chi connectivity index (χ4n) is 1.63. The van der Waals surface area contributed by atoms with Gasteiger partial charge < -0.3 is 14.5 Å². The second kappa shape index (κ2) is 7.40. The molecule has 7 heteroatoms. The topological polar surface area (TPSA) is 80.6 Å². The molecule has 1 unspecified atom stereocenters. The summed E-state index contributed by atoms with van der Waals surface area (Å²) in [5.74, 6) is 0.592. The summed E-state index contributed by atoms with van der Waals surface area (Å²) < 4.78 is 37.2. The van der Waals surface area contributed by atoms with Gasteiger partial charge in [-0.25, -0.2) is 13.1 Å². The van der Waals surface area contributed by atoms with Gasteiger partial charge in [-0.2, -0.15) is 0 Å². The van der Waals surface area contributed by atoms with E-state index in [1.165, 1.54) is 6.07 Å². The molecule has 1 atom stereocenters. The number of hydrogen-bond donors (Lipinski definition) is 2. The maximum atomic E-state index is 12.2. The molecular weight excluding hydrogens is 292 g/mol. The second-order valence-corrected chi connectivity index (χ2v) is 7.77. The summed E-state index contributed by atoms with van der Waals surface area (Å²) in [5.41, 5.74) is -0.0568. The molecule has 1 aromatic rings. The molecule has 122 valence electrons. The van der Waals surface area contributed by atoms with Crippen LogP contribution in [0.1, 0.15) is 39.9 Å². The molecule has 0 aliphatic heterocycles. The first kappa shape index (κ1) is 18.2. The normalized spacial score (nSPS) is 14.3. The van der Waals surface area contributed by atoms with E-state index in [-0.39, 0.29) is 16.7 Å². The summed E-state index contributed by atoms with van der Waals surface area (Å²) >= 11 is 0. The van der Waals surface area contributed by atoms with Gasteiger partial charge in [-0.1, -0.05) is 0 Å². The molecule has 0 radical (unpaired) electrons. The molecule has 0 aliphatic rings. The summed E-state index contributed by atoms with van der Waals surface area (Å²) in [6, 6.07) is 2.94. The van der Waals surface area contributed by atoms with Crippen molar-refractivity contribution in [3.8, 4) is 0 Å². The highest BCUT2D eigenvalue weighted by Crippen LogP contribution is 2.15. The van der Waals surface area contributed by atoms with Crippen LogP contribution in [-0.4, -0.2) is 33.7 Å². The van der Waals surface area contributed by atoms with Crippen LogP contribution in [-0.2, 0) is 21.3 Å². The van der Waals surface area contributed by atoms with Crippen molar-refractivity contribution in [3.05, 3.63) is 17.9 Å². The zero-order valence-electron chi connectivity index (χ0n) is 13.4. The molecule has 0 saturated carbocycles. The van der Waals surface area contributed by atoms with Crippen molar-refractivity contribution >= 4 is 10.0 Å². The Morgan fingerprint density at radius 1 is 1.33 bits per heavy atom. The molecule has 2 N–H and O–H groups in total. The number of nitrogens with one attached hydrogen (secondary N) is 2. The summed E-state index contributed by atoms with van der Waals surface area (Å²) in [5, 5.41) is 3.19. The number of methoxy groups -OCH3 is 1. The molecule has 0 bridgehead atoms. The molecule has 0 aliphatic carbocycles. The van der Waals surface area contributed by atoms with E-state index in [1.807, 2.05) is 20.8 Å². The molecule has 21 heavy (non-hydrogen) atoms. The molecular formula is C14H26N2O4S. The number of hydrogen-bond acceptors (Lipinski definition) is 5. The standard InChI is InChI=1S/C14H26N2O4S/c1-11(8-9-19-5)16-21(17,18)13-7-6-12(20-13)10-15-14(2,3)4/h6-7,11,15-16H,8-10H2,1-5H3. The number of ether oxygens (including phenoxy) is 1. The first-order valence-electron chi connectivity index (χ1n) is 6.99. The number of furan rings is 1. The first-order valence-corrected chi connectivity index (χ1v) is 8.47. The van der Waals surface area contributed by atoms with E-state index in [2.05, 4.69) is 10.0 Å². The molecule has 0 fully saturated rings. The molecule has 0 spiro atoms. The molecule has 1 heterocycles. The fraction of sp³-hybridized carbons (Fsp3) is 0.714. The van der Waals surface area contributed by atoms with Crippen LogP contribution in [0.2, 0.25) is 0 Å². The van der Waals surface area contributed by atoms with E-state index >= 15 is 0 Å². The van der Waals surface area contributed by atoms with Crippen LogP contribution >= 0.6 is 0 Å². The van der Waals surface area contributed by atoms with Gasteiger partial charge in [0.25, 0.3) is 10.0 Å². The van der Waals surface area contributed by atoms with Crippen LogP contribution < -0.4 is 10.0 Å². The van der Waals surface area contributed by atoms with Gasteiger partial charge >= 0.3 is 0 Å². The van der Waals surface area contributed by atoms with Crippen molar-refractivity contribution in [2.45, 2.75) is 57.3 Å². The van der Waals surface area contributed by atoms with Gasteiger partial charge in [0.05, 0.1) is 6.54 Å². The maximum Gasteiger partial charge on any atom is 0.274 e. The zero-order chi connectivity index (χ0) is 16.1. The number of rotatable bonds is 8. The van der Waals surface area contributed by atoms with Gasteiger partial charge in [-0.3, -0.25) is 0 Å². The quantitative estimate of drug-likeness (QED) is 0.765. The predicted molar refractivity (Wildman–Crippen MR) is 81.6 cm³/mol. The van der Waals surface area contributed by atoms with Crippen LogP contribution in [0.25, 0.3) is 0 Å². The average molecular weight is 318 g/mol. The number of sulfonamides is 1. The molecule has 0 saturated heterocycles. The SMILES string of the molecule is COCCC(C)NS(=O)(=O)c1ccc(CNC(C)(C)C)o1. The van der Waals surface area contributed by atoms with Crippen molar-refractivity contribution in [2.24, 2.45) is 0 Å². The van der Waals surface area contributed by atoms with E-state index < -0.39 is 10.0 Å².